The van der Waals surface area contributed by atoms with Gasteiger partial charge in [0, 0.05) is 13.1 Å². The number of carbonyl (C=O) groups excluding carboxylic acids is 2. The van der Waals surface area contributed by atoms with Gasteiger partial charge in [-0.15, -0.1) is 0 Å². The van der Waals surface area contributed by atoms with Gasteiger partial charge in [0.25, 0.3) is 5.91 Å². The molecule has 122 valence electrons. The summed E-state index contributed by atoms with van der Waals surface area (Å²) in [4.78, 5) is 28.4. The summed E-state index contributed by atoms with van der Waals surface area (Å²) in [5.74, 6) is -0.830. The Morgan fingerprint density at radius 3 is 2.42 bits per heavy atom. The number of hydrogen-bond donors (Lipinski definition) is 0. The van der Waals surface area contributed by atoms with Crippen LogP contribution in [0.15, 0.2) is 48.5 Å². The largest absolute Gasteiger partial charge is 0.287 e. The lowest BCUT2D eigenvalue weighted by Crippen LogP contribution is -2.44. The highest BCUT2D eigenvalue weighted by Gasteiger charge is 2.43. The molecular weight excluding hydrogens is 307 g/mol. The molecule has 0 bridgehead atoms. The molecule has 1 fully saturated rings. The monoisotopic (exact) mass is 324 g/mol. The normalized spacial score (nSPS) is 21.2. The Kier molecular flexibility index (Phi) is 3.65. The van der Waals surface area contributed by atoms with Crippen molar-refractivity contribution in [2.75, 3.05) is 11.4 Å². The van der Waals surface area contributed by atoms with Gasteiger partial charge >= 0.3 is 0 Å². The van der Waals surface area contributed by atoms with Gasteiger partial charge in [0.05, 0.1) is 18.2 Å². The quantitative estimate of drug-likeness (QED) is 0.797. The Labute approximate surface area is 139 Å². The van der Waals surface area contributed by atoms with Crippen molar-refractivity contribution in [2.45, 2.75) is 25.4 Å². The van der Waals surface area contributed by atoms with Gasteiger partial charge in [0.2, 0.25) is 5.91 Å². The molecule has 0 aliphatic carbocycles. The smallest absolute Gasteiger partial charge is 0.251 e. The van der Waals surface area contributed by atoms with E-state index in [1.807, 2.05) is 12.1 Å². The van der Waals surface area contributed by atoms with E-state index in [4.69, 9.17) is 0 Å². The molecule has 2 aromatic rings. The number of anilines is 1. The highest BCUT2D eigenvalue weighted by atomic mass is 19.1. The summed E-state index contributed by atoms with van der Waals surface area (Å²) in [7, 11) is 0. The number of hydrogen-bond acceptors (Lipinski definition) is 3. The molecule has 2 aliphatic heterocycles. The molecule has 0 N–H and O–H groups in total. The first-order valence-corrected chi connectivity index (χ1v) is 8.07. The minimum atomic E-state index is -0.434. The number of fused-ring (bicyclic) bond motifs is 1. The van der Waals surface area contributed by atoms with Crippen LogP contribution in [0.4, 0.5) is 10.1 Å². The SMILES string of the molecule is O=C1CC(N2CCc3ccccc3C2)C(=O)N1c1ccc(F)cc1. The third kappa shape index (κ3) is 2.51. The predicted molar refractivity (Wildman–Crippen MR) is 87.9 cm³/mol. The van der Waals surface area contributed by atoms with Gasteiger partial charge in [-0.25, -0.2) is 9.29 Å². The fourth-order valence-electron chi connectivity index (χ4n) is 3.55. The molecule has 0 saturated carbocycles. The van der Waals surface area contributed by atoms with Gasteiger partial charge in [-0.05, 0) is 41.8 Å². The minimum Gasteiger partial charge on any atom is -0.287 e. The number of imide groups is 1. The topological polar surface area (TPSA) is 40.6 Å². The van der Waals surface area contributed by atoms with E-state index in [-0.39, 0.29) is 24.1 Å². The molecule has 2 amide bonds. The van der Waals surface area contributed by atoms with Crippen molar-refractivity contribution in [1.29, 1.82) is 0 Å². The van der Waals surface area contributed by atoms with Crippen molar-refractivity contribution in [3.8, 4) is 0 Å². The average molecular weight is 324 g/mol. The molecular formula is C19H17FN2O2. The van der Waals surface area contributed by atoms with Gasteiger partial charge in [-0.3, -0.25) is 14.5 Å². The van der Waals surface area contributed by atoms with Gasteiger partial charge in [-0.1, -0.05) is 24.3 Å². The third-order valence-electron chi connectivity index (χ3n) is 4.81. The summed E-state index contributed by atoms with van der Waals surface area (Å²) >= 11 is 0. The molecule has 4 nitrogen and oxygen atoms in total. The second-order valence-electron chi connectivity index (χ2n) is 6.25. The molecule has 0 radical (unpaired) electrons. The summed E-state index contributed by atoms with van der Waals surface area (Å²) in [6.45, 7) is 1.44. The lowest BCUT2D eigenvalue weighted by Gasteiger charge is -2.32. The molecule has 2 heterocycles. The molecule has 5 heteroatoms. The van der Waals surface area contributed by atoms with Gasteiger partial charge < -0.3 is 0 Å². The molecule has 2 aliphatic rings. The van der Waals surface area contributed by atoms with Gasteiger partial charge in [0.1, 0.15) is 5.82 Å². The van der Waals surface area contributed by atoms with Crippen LogP contribution in [0.1, 0.15) is 17.5 Å². The average Bonchev–Trinajstić information content (AvgIpc) is 2.90. The van der Waals surface area contributed by atoms with E-state index in [9.17, 15) is 14.0 Å². The van der Waals surface area contributed by atoms with Gasteiger partial charge in [-0.2, -0.15) is 0 Å². The molecule has 4 rings (SSSR count). The summed E-state index contributed by atoms with van der Waals surface area (Å²) in [6, 6.07) is 13.2. The fourth-order valence-corrected chi connectivity index (χ4v) is 3.55. The summed E-state index contributed by atoms with van der Waals surface area (Å²) in [5, 5.41) is 0. The van der Waals surface area contributed by atoms with Crippen molar-refractivity contribution in [1.82, 2.24) is 4.90 Å². The van der Waals surface area contributed by atoms with E-state index in [0.717, 1.165) is 13.0 Å². The number of halogens is 1. The number of nitrogens with zero attached hydrogens (tertiary/aromatic N) is 2. The van der Waals surface area contributed by atoms with E-state index in [1.165, 1.54) is 40.3 Å². The van der Waals surface area contributed by atoms with Crippen molar-refractivity contribution < 1.29 is 14.0 Å². The second kappa shape index (κ2) is 5.83. The van der Waals surface area contributed by atoms with E-state index in [2.05, 4.69) is 17.0 Å². The Morgan fingerprint density at radius 1 is 0.958 bits per heavy atom. The van der Waals surface area contributed by atoms with Crippen LogP contribution in [0, 0.1) is 5.82 Å². The van der Waals surface area contributed by atoms with E-state index in [1.54, 1.807) is 0 Å². The van der Waals surface area contributed by atoms with E-state index < -0.39 is 6.04 Å². The predicted octanol–water partition coefficient (Wildman–Crippen LogP) is 2.52. The number of rotatable bonds is 2. The maximum Gasteiger partial charge on any atom is 0.251 e. The molecule has 1 unspecified atom stereocenters. The van der Waals surface area contributed by atoms with Crippen LogP contribution < -0.4 is 4.90 Å². The Bertz CT molecular complexity index is 803. The number of carbonyl (C=O) groups is 2. The van der Waals surface area contributed by atoms with Crippen LogP contribution in [0.2, 0.25) is 0 Å². The minimum absolute atomic E-state index is 0.179. The van der Waals surface area contributed by atoms with E-state index >= 15 is 0 Å². The maximum atomic E-state index is 13.1. The molecule has 0 spiro atoms. The molecule has 0 aromatic heterocycles. The van der Waals surface area contributed by atoms with Crippen LogP contribution in [-0.2, 0) is 22.6 Å². The Balaban J connectivity index is 1.57. The molecule has 1 atom stereocenters. The third-order valence-corrected chi connectivity index (χ3v) is 4.81. The Hall–Kier alpha value is -2.53. The maximum absolute atomic E-state index is 13.1. The lowest BCUT2D eigenvalue weighted by molar-refractivity contribution is -0.123. The first-order valence-electron chi connectivity index (χ1n) is 8.07. The zero-order valence-electron chi connectivity index (χ0n) is 13.1. The zero-order chi connectivity index (χ0) is 16.7. The Morgan fingerprint density at radius 2 is 1.67 bits per heavy atom. The fraction of sp³-hybridized carbons (Fsp3) is 0.263. The zero-order valence-corrected chi connectivity index (χ0v) is 13.1. The van der Waals surface area contributed by atoms with Crippen LogP contribution in [0.25, 0.3) is 0 Å². The number of amides is 2. The number of benzene rings is 2. The molecule has 1 saturated heterocycles. The highest BCUT2D eigenvalue weighted by Crippen LogP contribution is 2.29. The molecule has 2 aromatic carbocycles. The second-order valence-corrected chi connectivity index (χ2v) is 6.25. The molecule has 24 heavy (non-hydrogen) atoms. The van der Waals surface area contributed by atoms with Crippen molar-refractivity contribution in [3.05, 3.63) is 65.5 Å². The van der Waals surface area contributed by atoms with Crippen LogP contribution in [0.5, 0.6) is 0 Å². The van der Waals surface area contributed by atoms with Crippen LogP contribution in [-0.4, -0.2) is 29.3 Å². The van der Waals surface area contributed by atoms with Crippen molar-refractivity contribution in [3.63, 3.8) is 0 Å². The summed E-state index contributed by atoms with van der Waals surface area (Å²) in [6.07, 6.45) is 1.06. The lowest BCUT2D eigenvalue weighted by atomic mass is 9.98. The summed E-state index contributed by atoms with van der Waals surface area (Å²) in [5.41, 5.74) is 2.96. The van der Waals surface area contributed by atoms with Gasteiger partial charge in [0.15, 0.2) is 0 Å². The van der Waals surface area contributed by atoms with Crippen LogP contribution >= 0.6 is 0 Å². The summed E-state index contributed by atoms with van der Waals surface area (Å²) < 4.78 is 13.1. The first-order chi connectivity index (χ1) is 11.6. The van der Waals surface area contributed by atoms with Crippen LogP contribution in [0.3, 0.4) is 0 Å². The standard InChI is InChI=1S/C19H17FN2O2/c20-15-5-7-16(8-6-15)22-18(23)11-17(19(22)24)21-10-9-13-3-1-2-4-14(13)12-21/h1-8,17H,9-12H2. The van der Waals surface area contributed by atoms with E-state index in [0.29, 0.717) is 12.2 Å². The van der Waals surface area contributed by atoms with Crippen molar-refractivity contribution in [2.24, 2.45) is 0 Å². The first kappa shape index (κ1) is 15.0. The van der Waals surface area contributed by atoms with Crippen molar-refractivity contribution >= 4 is 17.5 Å². The highest BCUT2D eigenvalue weighted by molar-refractivity contribution is 6.22.